The summed E-state index contributed by atoms with van der Waals surface area (Å²) in [7, 11) is 0. The fourth-order valence-electron chi connectivity index (χ4n) is 1.52. The molecular formula is C12H10ClN3O2. The van der Waals surface area contributed by atoms with Gasteiger partial charge in [0.05, 0.1) is 18.0 Å². The summed E-state index contributed by atoms with van der Waals surface area (Å²) in [6.45, 7) is 0. The zero-order valence-corrected chi connectivity index (χ0v) is 10.1. The van der Waals surface area contributed by atoms with Crippen molar-refractivity contribution in [3.8, 4) is 6.07 Å². The molecule has 1 aromatic rings. The number of hydrogen-bond donors (Lipinski definition) is 1. The van der Waals surface area contributed by atoms with Gasteiger partial charge < -0.3 is 5.32 Å². The van der Waals surface area contributed by atoms with Gasteiger partial charge in [-0.15, -0.1) is 0 Å². The van der Waals surface area contributed by atoms with E-state index in [1.54, 1.807) is 12.1 Å². The number of nitrogens with zero attached hydrogens (tertiary/aromatic N) is 2. The fraction of sp³-hybridized carbons (Fsp3) is 0.333. The number of halogens is 1. The van der Waals surface area contributed by atoms with E-state index in [1.165, 1.54) is 12.3 Å². The molecule has 0 saturated heterocycles. The third-order valence-electron chi connectivity index (χ3n) is 2.65. The molecule has 92 valence electrons. The van der Waals surface area contributed by atoms with Crippen molar-refractivity contribution in [2.75, 3.05) is 5.32 Å². The highest BCUT2D eigenvalue weighted by molar-refractivity contribution is 6.29. The van der Waals surface area contributed by atoms with Crippen LogP contribution in [0.4, 0.5) is 5.69 Å². The zero-order valence-electron chi connectivity index (χ0n) is 9.39. The van der Waals surface area contributed by atoms with Crippen LogP contribution in [0.5, 0.6) is 0 Å². The number of nitriles is 1. The van der Waals surface area contributed by atoms with Crippen LogP contribution in [0, 0.1) is 23.2 Å². The van der Waals surface area contributed by atoms with Crippen LogP contribution in [-0.2, 0) is 9.59 Å². The van der Waals surface area contributed by atoms with E-state index in [0.717, 1.165) is 12.8 Å². The zero-order chi connectivity index (χ0) is 13.1. The smallest absolute Gasteiger partial charge is 0.249 e. The van der Waals surface area contributed by atoms with Gasteiger partial charge >= 0.3 is 0 Å². The minimum atomic E-state index is -1.24. The van der Waals surface area contributed by atoms with Gasteiger partial charge in [0.1, 0.15) is 5.15 Å². The van der Waals surface area contributed by atoms with Gasteiger partial charge in [-0.05, 0) is 25.0 Å². The molecule has 1 aliphatic rings. The number of hydrogen-bond acceptors (Lipinski definition) is 4. The van der Waals surface area contributed by atoms with Crippen molar-refractivity contribution >= 4 is 29.0 Å². The molecular weight excluding hydrogens is 254 g/mol. The maximum Gasteiger partial charge on any atom is 0.249 e. The van der Waals surface area contributed by atoms with Gasteiger partial charge in [-0.1, -0.05) is 11.6 Å². The summed E-state index contributed by atoms with van der Waals surface area (Å²) in [5.74, 6) is -2.27. The highest BCUT2D eigenvalue weighted by Crippen LogP contribution is 2.32. The van der Waals surface area contributed by atoms with Crippen LogP contribution in [0.1, 0.15) is 12.8 Å². The van der Waals surface area contributed by atoms with Gasteiger partial charge in [0, 0.05) is 5.92 Å². The topological polar surface area (TPSA) is 82.8 Å². The van der Waals surface area contributed by atoms with E-state index in [-0.39, 0.29) is 11.7 Å². The molecule has 1 aliphatic carbocycles. The minimum absolute atomic E-state index is 0.122. The lowest BCUT2D eigenvalue weighted by Crippen LogP contribution is -2.29. The first-order valence-corrected chi connectivity index (χ1v) is 5.85. The van der Waals surface area contributed by atoms with Gasteiger partial charge in [-0.3, -0.25) is 9.59 Å². The predicted molar refractivity (Wildman–Crippen MR) is 64.7 cm³/mol. The lowest BCUT2D eigenvalue weighted by Gasteiger charge is -2.08. The van der Waals surface area contributed by atoms with Crippen LogP contribution in [0.3, 0.4) is 0 Å². The Labute approximate surface area is 109 Å². The van der Waals surface area contributed by atoms with E-state index in [9.17, 15) is 9.59 Å². The highest BCUT2D eigenvalue weighted by Gasteiger charge is 2.38. The number of aromatic nitrogens is 1. The van der Waals surface area contributed by atoms with Crippen molar-refractivity contribution in [1.29, 1.82) is 5.26 Å². The molecule has 0 spiro atoms. The van der Waals surface area contributed by atoms with Gasteiger partial charge in [-0.25, -0.2) is 4.98 Å². The number of Topliss-reactive ketones (excluding diaryl/α,β-unsaturated/α-hetero) is 1. The molecule has 2 rings (SSSR count). The van der Waals surface area contributed by atoms with Crippen LogP contribution in [0.2, 0.25) is 5.15 Å². The first-order chi connectivity index (χ1) is 8.61. The van der Waals surface area contributed by atoms with Crippen molar-refractivity contribution in [2.24, 2.45) is 11.8 Å². The number of carbonyl (C=O) groups is 2. The molecule has 1 amide bonds. The van der Waals surface area contributed by atoms with Gasteiger partial charge in [0.2, 0.25) is 5.91 Å². The summed E-state index contributed by atoms with van der Waals surface area (Å²) in [4.78, 5) is 27.3. The molecule has 1 N–H and O–H groups in total. The average molecular weight is 264 g/mol. The van der Waals surface area contributed by atoms with E-state index in [0.29, 0.717) is 10.8 Å². The molecule has 0 radical (unpaired) electrons. The number of pyridine rings is 1. The summed E-state index contributed by atoms with van der Waals surface area (Å²) >= 11 is 5.61. The Balaban J connectivity index is 2.03. The number of carbonyl (C=O) groups excluding carboxylic acids is 2. The number of amides is 1. The number of nitrogens with one attached hydrogen (secondary N) is 1. The maximum atomic E-state index is 11.8. The summed E-state index contributed by atoms with van der Waals surface area (Å²) in [6, 6.07) is 4.82. The van der Waals surface area contributed by atoms with Crippen LogP contribution in [0.15, 0.2) is 18.3 Å². The highest BCUT2D eigenvalue weighted by atomic mass is 35.5. The molecule has 1 fully saturated rings. The number of rotatable bonds is 4. The van der Waals surface area contributed by atoms with Crippen molar-refractivity contribution in [1.82, 2.24) is 4.98 Å². The lowest BCUT2D eigenvalue weighted by molar-refractivity contribution is -0.129. The Kier molecular flexibility index (Phi) is 3.58. The molecule has 0 aliphatic heterocycles. The standard InChI is InChI=1S/C12H10ClN3O2/c13-10-4-3-8(6-15-10)16-12(18)9(5-14)11(17)7-1-2-7/h3-4,6-7,9H,1-2H2,(H,16,18). The van der Waals surface area contributed by atoms with Gasteiger partial charge in [-0.2, -0.15) is 5.26 Å². The van der Waals surface area contributed by atoms with E-state index >= 15 is 0 Å². The molecule has 1 atom stereocenters. The first kappa shape index (κ1) is 12.5. The molecule has 0 aromatic carbocycles. The van der Waals surface area contributed by atoms with Gasteiger partial charge in [0.25, 0.3) is 0 Å². The van der Waals surface area contributed by atoms with Crippen molar-refractivity contribution in [3.63, 3.8) is 0 Å². The third-order valence-corrected chi connectivity index (χ3v) is 2.87. The van der Waals surface area contributed by atoms with E-state index in [2.05, 4.69) is 10.3 Å². The SMILES string of the molecule is N#CC(C(=O)Nc1ccc(Cl)nc1)C(=O)C1CC1. The third kappa shape index (κ3) is 2.84. The molecule has 0 bridgehead atoms. The Bertz CT molecular complexity index is 517. The quantitative estimate of drug-likeness (QED) is 0.663. The minimum Gasteiger partial charge on any atom is -0.323 e. The Morgan fingerprint density at radius 1 is 1.50 bits per heavy atom. The van der Waals surface area contributed by atoms with Crippen LogP contribution < -0.4 is 5.32 Å². The number of ketones is 1. The second-order valence-electron chi connectivity index (χ2n) is 4.10. The Morgan fingerprint density at radius 2 is 2.22 bits per heavy atom. The van der Waals surface area contributed by atoms with Crippen LogP contribution >= 0.6 is 11.6 Å². The predicted octanol–water partition coefficient (Wildman–Crippen LogP) is 1.79. The van der Waals surface area contributed by atoms with E-state index < -0.39 is 11.8 Å². The Hall–Kier alpha value is -1.93. The van der Waals surface area contributed by atoms with E-state index in [1.807, 2.05) is 0 Å². The lowest BCUT2D eigenvalue weighted by atomic mass is 10.0. The fourth-order valence-corrected chi connectivity index (χ4v) is 1.63. The van der Waals surface area contributed by atoms with Crippen molar-refractivity contribution in [3.05, 3.63) is 23.5 Å². The summed E-state index contributed by atoms with van der Waals surface area (Å²) in [5.41, 5.74) is 0.410. The van der Waals surface area contributed by atoms with Gasteiger partial charge in [0.15, 0.2) is 11.7 Å². The summed E-state index contributed by atoms with van der Waals surface area (Å²) in [6.07, 6.45) is 2.91. The number of anilines is 1. The summed E-state index contributed by atoms with van der Waals surface area (Å²) < 4.78 is 0. The second kappa shape index (κ2) is 5.15. The largest absolute Gasteiger partial charge is 0.323 e. The van der Waals surface area contributed by atoms with Crippen molar-refractivity contribution < 1.29 is 9.59 Å². The van der Waals surface area contributed by atoms with Crippen LogP contribution in [0.25, 0.3) is 0 Å². The summed E-state index contributed by atoms with van der Waals surface area (Å²) in [5, 5.41) is 11.7. The Morgan fingerprint density at radius 3 is 2.72 bits per heavy atom. The first-order valence-electron chi connectivity index (χ1n) is 5.47. The molecule has 1 aromatic heterocycles. The van der Waals surface area contributed by atoms with Crippen LogP contribution in [-0.4, -0.2) is 16.7 Å². The van der Waals surface area contributed by atoms with E-state index in [4.69, 9.17) is 16.9 Å². The molecule has 1 heterocycles. The molecule has 1 saturated carbocycles. The normalized spacial score (nSPS) is 15.6. The molecule has 18 heavy (non-hydrogen) atoms. The molecule has 6 heteroatoms. The second-order valence-corrected chi connectivity index (χ2v) is 4.48. The van der Waals surface area contributed by atoms with Crippen molar-refractivity contribution in [2.45, 2.75) is 12.8 Å². The molecule has 1 unspecified atom stereocenters. The molecule has 5 nitrogen and oxygen atoms in total. The average Bonchev–Trinajstić information content (AvgIpc) is 3.17. The maximum absolute atomic E-state index is 11.8. The monoisotopic (exact) mass is 263 g/mol.